The molecule has 0 heterocycles. The van der Waals surface area contributed by atoms with Crippen LogP contribution in [0.15, 0.2) is 0 Å². The second kappa shape index (κ2) is 7.36. The minimum atomic E-state index is -0.799. The highest BCUT2D eigenvalue weighted by Gasteiger charge is 2.26. The van der Waals surface area contributed by atoms with E-state index in [1.165, 1.54) is 6.42 Å². The number of rotatable bonds is 7. The van der Waals surface area contributed by atoms with E-state index in [2.05, 4.69) is 19.2 Å². The molecule has 5 nitrogen and oxygen atoms in total. The van der Waals surface area contributed by atoms with Crippen LogP contribution in [-0.2, 0) is 4.79 Å². The van der Waals surface area contributed by atoms with E-state index in [-0.39, 0.29) is 18.4 Å². The van der Waals surface area contributed by atoms with Crippen molar-refractivity contribution in [3.63, 3.8) is 0 Å². The second-order valence-corrected chi connectivity index (χ2v) is 5.98. The quantitative estimate of drug-likeness (QED) is 0.746. The minimum absolute atomic E-state index is 0.0104. The van der Waals surface area contributed by atoms with Crippen molar-refractivity contribution < 1.29 is 14.7 Å². The maximum Gasteiger partial charge on any atom is 0.317 e. The van der Waals surface area contributed by atoms with E-state index in [1.807, 2.05) is 7.05 Å². The van der Waals surface area contributed by atoms with Crippen molar-refractivity contribution in [3.8, 4) is 0 Å². The van der Waals surface area contributed by atoms with Crippen molar-refractivity contribution >= 4 is 12.0 Å². The van der Waals surface area contributed by atoms with Crippen LogP contribution in [0, 0.1) is 11.8 Å². The first-order chi connectivity index (χ1) is 8.90. The number of carboxylic acids is 1. The summed E-state index contributed by atoms with van der Waals surface area (Å²) >= 11 is 0. The zero-order chi connectivity index (χ0) is 14.4. The summed E-state index contributed by atoms with van der Waals surface area (Å²) in [5.74, 6) is -0.353. The molecule has 110 valence electrons. The second-order valence-electron chi connectivity index (χ2n) is 5.98. The van der Waals surface area contributed by atoms with Crippen LogP contribution in [0.3, 0.4) is 0 Å². The molecule has 1 unspecified atom stereocenters. The Labute approximate surface area is 115 Å². The van der Waals surface area contributed by atoms with Crippen molar-refractivity contribution in [2.45, 2.75) is 52.0 Å². The smallest absolute Gasteiger partial charge is 0.317 e. The molecule has 1 fully saturated rings. The number of urea groups is 1. The van der Waals surface area contributed by atoms with Gasteiger partial charge in [0.2, 0.25) is 0 Å². The van der Waals surface area contributed by atoms with Crippen molar-refractivity contribution in [1.82, 2.24) is 10.2 Å². The molecule has 0 bridgehead atoms. The van der Waals surface area contributed by atoms with E-state index in [1.54, 1.807) is 4.90 Å². The van der Waals surface area contributed by atoms with Gasteiger partial charge in [-0.1, -0.05) is 13.8 Å². The van der Waals surface area contributed by atoms with Gasteiger partial charge in [-0.25, -0.2) is 4.79 Å². The Bertz CT molecular complexity index is 314. The molecule has 19 heavy (non-hydrogen) atoms. The summed E-state index contributed by atoms with van der Waals surface area (Å²) in [4.78, 5) is 24.5. The lowest BCUT2D eigenvalue weighted by atomic mass is 9.92. The molecule has 1 aliphatic rings. The summed E-state index contributed by atoms with van der Waals surface area (Å²) in [5, 5.41) is 11.7. The predicted molar refractivity (Wildman–Crippen MR) is 74.0 cm³/mol. The van der Waals surface area contributed by atoms with E-state index in [9.17, 15) is 9.59 Å². The third kappa shape index (κ3) is 5.49. The van der Waals surface area contributed by atoms with Crippen molar-refractivity contribution in [2.75, 3.05) is 13.6 Å². The highest BCUT2D eigenvalue weighted by Crippen LogP contribution is 2.23. The van der Waals surface area contributed by atoms with Crippen LogP contribution in [0.25, 0.3) is 0 Å². The number of nitrogens with one attached hydrogen (secondary N) is 1. The molecule has 0 aromatic rings. The average molecular weight is 270 g/mol. The SMILES string of the molecule is CC(C)CC(CNC(=O)N(C)C1CCC1)CC(=O)O. The van der Waals surface area contributed by atoms with Crippen LogP contribution in [-0.4, -0.2) is 41.6 Å². The van der Waals surface area contributed by atoms with Crippen molar-refractivity contribution in [3.05, 3.63) is 0 Å². The predicted octanol–water partition coefficient (Wildman–Crippen LogP) is 2.32. The van der Waals surface area contributed by atoms with E-state index in [0.717, 1.165) is 19.3 Å². The summed E-state index contributed by atoms with van der Waals surface area (Å²) in [7, 11) is 1.81. The lowest BCUT2D eigenvalue weighted by molar-refractivity contribution is -0.138. The number of carboxylic acid groups (broad SMARTS) is 1. The Balaban J connectivity index is 2.36. The van der Waals surface area contributed by atoms with Gasteiger partial charge in [-0.05, 0) is 37.5 Å². The minimum Gasteiger partial charge on any atom is -0.481 e. The zero-order valence-electron chi connectivity index (χ0n) is 12.2. The molecule has 0 spiro atoms. The standard InChI is InChI=1S/C14H26N2O3/c1-10(2)7-11(8-13(17)18)9-15-14(19)16(3)12-5-4-6-12/h10-12H,4-9H2,1-3H3,(H,15,19)(H,17,18). The zero-order valence-corrected chi connectivity index (χ0v) is 12.2. The molecule has 0 aromatic heterocycles. The van der Waals surface area contributed by atoms with Crippen LogP contribution in [0.4, 0.5) is 4.79 Å². The summed E-state index contributed by atoms with van der Waals surface area (Å²) in [6.07, 6.45) is 4.28. The molecular weight excluding hydrogens is 244 g/mol. The maximum absolute atomic E-state index is 11.9. The maximum atomic E-state index is 11.9. The molecule has 1 saturated carbocycles. The van der Waals surface area contributed by atoms with Crippen LogP contribution in [0.5, 0.6) is 0 Å². The van der Waals surface area contributed by atoms with Gasteiger partial charge in [-0.15, -0.1) is 0 Å². The highest BCUT2D eigenvalue weighted by atomic mass is 16.4. The molecule has 0 aliphatic heterocycles. The van der Waals surface area contributed by atoms with Crippen LogP contribution in [0.2, 0.25) is 0 Å². The number of nitrogens with zero attached hydrogens (tertiary/aromatic N) is 1. The normalized spacial score (nSPS) is 16.8. The van der Waals surface area contributed by atoms with Crippen molar-refractivity contribution in [2.24, 2.45) is 11.8 Å². The van der Waals surface area contributed by atoms with E-state index in [4.69, 9.17) is 5.11 Å². The van der Waals surface area contributed by atoms with Gasteiger partial charge in [0.15, 0.2) is 0 Å². The Morgan fingerprint density at radius 1 is 1.37 bits per heavy atom. The fraction of sp³-hybridized carbons (Fsp3) is 0.857. The van der Waals surface area contributed by atoms with Gasteiger partial charge in [-0.3, -0.25) is 4.79 Å². The van der Waals surface area contributed by atoms with E-state index >= 15 is 0 Å². The number of hydrogen-bond donors (Lipinski definition) is 2. The Morgan fingerprint density at radius 2 is 2.00 bits per heavy atom. The molecular formula is C14H26N2O3. The topological polar surface area (TPSA) is 69.6 Å². The Morgan fingerprint density at radius 3 is 2.42 bits per heavy atom. The number of carbonyl (C=O) groups excluding carboxylic acids is 1. The molecule has 2 amide bonds. The van der Waals surface area contributed by atoms with Crippen molar-refractivity contribution in [1.29, 1.82) is 0 Å². The number of carbonyl (C=O) groups is 2. The summed E-state index contributed by atoms with van der Waals surface area (Å²) < 4.78 is 0. The molecule has 0 saturated heterocycles. The van der Waals surface area contributed by atoms with Gasteiger partial charge in [-0.2, -0.15) is 0 Å². The monoisotopic (exact) mass is 270 g/mol. The molecule has 0 aromatic carbocycles. The van der Waals surface area contributed by atoms with Gasteiger partial charge < -0.3 is 15.3 Å². The summed E-state index contributed by atoms with van der Waals surface area (Å²) in [6.45, 7) is 4.58. The van der Waals surface area contributed by atoms with Crippen LogP contribution >= 0.6 is 0 Å². The van der Waals surface area contributed by atoms with Gasteiger partial charge in [0, 0.05) is 26.1 Å². The van der Waals surface area contributed by atoms with Crippen LogP contribution < -0.4 is 5.32 Å². The number of hydrogen-bond acceptors (Lipinski definition) is 2. The van der Waals surface area contributed by atoms with Gasteiger partial charge in [0.25, 0.3) is 0 Å². The fourth-order valence-corrected chi connectivity index (χ4v) is 2.45. The average Bonchev–Trinajstić information content (AvgIpc) is 2.21. The lowest BCUT2D eigenvalue weighted by Crippen LogP contribution is -2.47. The number of aliphatic carboxylic acids is 1. The molecule has 2 N–H and O–H groups in total. The Kier molecular flexibility index (Phi) is 6.12. The molecule has 1 aliphatic carbocycles. The molecule has 1 rings (SSSR count). The third-order valence-electron chi connectivity index (χ3n) is 3.75. The third-order valence-corrected chi connectivity index (χ3v) is 3.75. The molecule has 1 atom stereocenters. The fourth-order valence-electron chi connectivity index (χ4n) is 2.45. The number of amides is 2. The molecule has 0 radical (unpaired) electrons. The van der Waals surface area contributed by atoms with Gasteiger partial charge in [0.05, 0.1) is 0 Å². The largest absolute Gasteiger partial charge is 0.481 e. The van der Waals surface area contributed by atoms with E-state index in [0.29, 0.717) is 18.5 Å². The van der Waals surface area contributed by atoms with Crippen LogP contribution in [0.1, 0.15) is 46.0 Å². The first-order valence-corrected chi connectivity index (χ1v) is 7.12. The highest BCUT2D eigenvalue weighted by molar-refractivity contribution is 5.74. The lowest BCUT2D eigenvalue weighted by Gasteiger charge is -2.35. The summed E-state index contributed by atoms with van der Waals surface area (Å²) in [6, 6.07) is 0.284. The van der Waals surface area contributed by atoms with Gasteiger partial charge in [0.1, 0.15) is 0 Å². The van der Waals surface area contributed by atoms with E-state index < -0.39 is 5.97 Å². The first kappa shape index (κ1) is 15.8. The molecule has 5 heteroatoms. The first-order valence-electron chi connectivity index (χ1n) is 7.12. The Hall–Kier alpha value is -1.26. The summed E-state index contributed by atoms with van der Waals surface area (Å²) in [5.41, 5.74) is 0. The van der Waals surface area contributed by atoms with Gasteiger partial charge >= 0.3 is 12.0 Å².